The van der Waals surface area contributed by atoms with Gasteiger partial charge in [-0.2, -0.15) is 0 Å². The van der Waals surface area contributed by atoms with Crippen molar-refractivity contribution in [1.82, 2.24) is 9.80 Å². The van der Waals surface area contributed by atoms with Crippen molar-refractivity contribution in [2.75, 3.05) is 19.6 Å². The number of hydrogen-bond donors (Lipinski definition) is 1. The molecule has 2 aliphatic rings. The molecule has 1 N–H and O–H groups in total. The van der Waals surface area contributed by atoms with Gasteiger partial charge in [-0.05, 0) is 26.2 Å². The first-order valence-electron chi connectivity index (χ1n) is 6.35. The molecule has 0 aliphatic carbocycles. The van der Waals surface area contributed by atoms with Crippen LogP contribution < -0.4 is 0 Å². The lowest BCUT2D eigenvalue weighted by molar-refractivity contribution is -0.139. The predicted octanol–water partition coefficient (Wildman–Crippen LogP) is 1.39. The second kappa shape index (κ2) is 4.94. The van der Waals surface area contributed by atoms with Crippen molar-refractivity contribution in [3.05, 3.63) is 0 Å². The Hall–Kier alpha value is -1.26. The van der Waals surface area contributed by atoms with E-state index in [1.807, 2.05) is 4.90 Å². The van der Waals surface area contributed by atoms with E-state index in [9.17, 15) is 9.59 Å². The highest BCUT2D eigenvalue weighted by molar-refractivity contribution is 5.76. The minimum Gasteiger partial charge on any atom is -0.481 e. The number of amides is 2. The maximum atomic E-state index is 12.1. The molecule has 0 radical (unpaired) electrons. The molecule has 5 heteroatoms. The Labute approximate surface area is 101 Å². The van der Waals surface area contributed by atoms with Crippen LogP contribution >= 0.6 is 0 Å². The van der Waals surface area contributed by atoms with Crippen molar-refractivity contribution in [3.8, 4) is 0 Å². The molecule has 2 saturated heterocycles. The standard InChI is InChI=1S/C12H20N2O3/c1-9-4-2-3-5-14(9)12(17)13-7-10(8-13)6-11(15)16/h9-10H,2-8H2,1H3,(H,15,16). The normalized spacial score (nSPS) is 25.6. The molecule has 0 aromatic carbocycles. The third-order valence-corrected chi connectivity index (χ3v) is 3.74. The van der Waals surface area contributed by atoms with Crippen molar-refractivity contribution >= 4 is 12.0 Å². The number of carboxylic acid groups (broad SMARTS) is 1. The first-order chi connectivity index (χ1) is 8.08. The molecule has 0 saturated carbocycles. The monoisotopic (exact) mass is 240 g/mol. The average Bonchev–Trinajstić information content (AvgIpc) is 2.22. The maximum absolute atomic E-state index is 12.1. The van der Waals surface area contributed by atoms with Gasteiger partial charge >= 0.3 is 12.0 Å². The number of nitrogens with zero attached hydrogens (tertiary/aromatic N) is 2. The molecule has 1 unspecified atom stereocenters. The lowest BCUT2D eigenvalue weighted by atomic mass is 9.96. The van der Waals surface area contributed by atoms with Crippen LogP contribution in [-0.2, 0) is 4.79 Å². The Morgan fingerprint density at radius 2 is 2.00 bits per heavy atom. The summed E-state index contributed by atoms with van der Waals surface area (Å²) < 4.78 is 0. The van der Waals surface area contributed by atoms with E-state index in [0.717, 1.165) is 19.4 Å². The molecule has 1 atom stereocenters. The molecule has 2 amide bonds. The van der Waals surface area contributed by atoms with Crippen molar-refractivity contribution in [2.45, 2.75) is 38.6 Å². The summed E-state index contributed by atoms with van der Waals surface area (Å²) in [6, 6.07) is 0.425. The zero-order chi connectivity index (χ0) is 12.4. The molecule has 2 aliphatic heterocycles. The highest BCUT2D eigenvalue weighted by Crippen LogP contribution is 2.24. The van der Waals surface area contributed by atoms with Gasteiger partial charge in [-0.3, -0.25) is 4.79 Å². The summed E-state index contributed by atoms with van der Waals surface area (Å²) in [5, 5.41) is 8.65. The highest BCUT2D eigenvalue weighted by Gasteiger charge is 2.36. The predicted molar refractivity (Wildman–Crippen MR) is 62.7 cm³/mol. The fourth-order valence-corrected chi connectivity index (χ4v) is 2.67. The first kappa shape index (κ1) is 12.2. The third kappa shape index (κ3) is 2.70. The zero-order valence-corrected chi connectivity index (χ0v) is 10.3. The topological polar surface area (TPSA) is 60.9 Å². The number of rotatable bonds is 2. The minimum atomic E-state index is -0.770. The van der Waals surface area contributed by atoms with Crippen molar-refractivity contribution < 1.29 is 14.7 Å². The second-order valence-corrected chi connectivity index (χ2v) is 5.19. The average molecular weight is 240 g/mol. The summed E-state index contributed by atoms with van der Waals surface area (Å²) in [4.78, 5) is 26.3. The zero-order valence-electron chi connectivity index (χ0n) is 10.3. The van der Waals surface area contributed by atoms with Gasteiger partial charge in [0.2, 0.25) is 0 Å². The fraction of sp³-hybridized carbons (Fsp3) is 0.833. The number of carbonyl (C=O) groups excluding carboxylic acids is 1. The molecule has 0 bridgehead atoms. The van der Waals surface area contributed by atoms with Gasteiger partial charge in [0.25, 0.3) is 0 Å². The number of urea groups is 1. The molecule has 17 heavy (non-hydrogen) atoms. The lowest BCUT2D eigenvalue weighted by Crippen LogP contribution is -2.57. The summed E-state index contributed by atoms with van der Waals surface area (Å²) in [7, 11) is 0. The Kier molecular flexibility index (Phi) is 3.54. The molecule has 0 aromatic heterocycles. The molecular formula is C12H20N2O3. The first-order valence-corrected chi connectivity index (χ1v) is 6.35. The number of carboxylic acids is 1. The van der Waals surface area contributed by atoms with E-state index in [0.29, 0.717) is 19.1 Å². The Morgan fingerprint density at radius 1 is 1.29 bits per heavy atom. The van der Waals surface area contributed by atoms with Crippen LogP contribution in [0.4, 0.5) is 4.79 Å². The van der Waals surface area contributed by atoms with Crippen LogP contribution in [0.5, 0.6) is 0 Å². The molecule has 0 aromatic rings. The lowest BCUT2D eigenvalue weighted by Gasteiger charge is -2.44. The SMILES string of the molecule is CC1CCCCN1C(=O)N1CC(CC(=O)O)C1. The van der Waals surface area contributed by atoms with Gasteiger partial charge in [-0.25, -0.2) is 4.79 Å². The molecule has 96 valence electrons. The van der Waals surface area contributed by atoms with Crippen LogP contribution in [0.3, 0.4) is 0 Å². The fourth-order valence-electron chi connectivity index (χ4n) is 2.67. The van der Waals surface area contributed by atoms with Gasteiger partial charge in [0.05, 0.1) is 6.42 Å². The third-order valence-electron chi connectivity index (χ3n) is 3.74. The van der Waals surface area contributed by atoms with E-state index in [1.165, 1.54) is 6.42 Å². The van der Waals surface area contributed by atoms with Crippen LogP contribution in [0.15, 0.2) is 0 Å². The molecule has 2 fully saturated rings. The van der Waals surface area contributed by atoms with E-state index in [1.54, 1.807) is 4.90 Å². The highest BCUT2D eigenvalue weighted by atomic mass is 16.4. The Morgan fingerprint density at radius 3 is 2.59 bits per heavy atom. The van der Waals surface area contributed by atoms with Gasteiger partial charge in [-0.15, -0.1) is 0 Å². The Bertz CT molecular complexity index is 313. The summed E-state index contributed by atoms with van der Waals surface area (Å²) in [6.07, 6.45) is 3.55. The number of likely N-dealkylation sites (tertiary alicyclic amines) is 2. The van der Waals surface area contributed by atoms with Gasteiger partial charge in [0.1, 0.15) is 0 Å². The smallest absolute Gasteiger partial charge is 0.320 e. The number of carbonyl (C=O) groups is 2. The summed E-state index contributed by atoms with van der Waals surface area (Å²) in [6.45, 7) is 4.15. The quantitative estimate of drug-likeness (QED) is 0.793. The maximum Gasteiger partial charge on any atom is 0.320 e. The molecule has 2 rings (SSSR count). The van der Waals surface area contributed by atoms with E-state index < -0.39 is 5.97 Å². The molecule has 2 heterocycles. The number of aliphatic carboxylic acids is 1. The molecule has 5 nitrogen and oxygen atoms in total. The van der Waals surface area contributed by atoms with Crippen molar-refractivity contribution in [1.29, 1.82) is 0 Å². The summed E-state index contributed by atoms with van der Waals surface area (Å²) in [5.74, 6) is -0.620. The Balaban J connectivity index is 1.80. The number of piperidine rings is 1. The largest absolute Gasteiger partial charge is 0.481 e. The summed E-state index contributed by atoms with van der Waals surface area (Å²) in [5.41, 5.74) is 0. The van der Waals surface area contributed by atoms with Gasteiger partial charge in [-0.1, -0.05) is 0 Å². The second-order valence-electron chi connectivity index (χ2n) is 5.19. The molecule has 0 spiro atoms. The van der Waals surface area contributed by atoms with Gasteiger partial charge in [0.15, 0.2) is 0 Å². The van der Waals surface area contributed by atoms with Crippen LogP contribution in [0.2, 0.25) is 0 Å². The van der Waals surface area contributed by atoms with Crippen LogP contribution in [0.1, 0.15) is 32.6 Å². The number of hydrogen-bond acceptors (Lipinski definition) is 2. The van der Waals surface area contributed by atoms with E-state index in [4.69, 9.17) is 5.11 Å². The van der Waals surface area contributed by atoms with Gasteiger partial charge in [0, 0.05) is 31.6 Å². The van der Waals surface area contributed by atoms with Crippen molar-refractivity contribution in [2.24, 2.45) is 5.92 Å². The van der Waals surface area contributed by atoms with E-state index >= 15 is 0 Å². The van der Waals surface area contributed by atoms with Crippen molar-refractivity contribution in [3.63, 3.8) is 0 Å². The molecular weight excluding hydrogens is 220 g/mol. The van der Waals surface area contributed by atoms with Crippen LogP contribution in [0.25, 0.3) is 0 Å². The van der Waals surface area contributed by atoms with E-state index in [-0.39, 0.29) is 18.4 Å². The minimum absolute atomic E-state index is 0.0961. The summed E-state index contributed by atoms with van der Waals surface area (Å²) >= 11 is 0. The van der Waals surface area contributed by atoms with Gasteiger partial charge < -0.3 is 14.9 Å². The van der Waals surface area contributed by atoms with Crippen LogP contribution in [-0.4, -0.2) is 52.6 Å². The van der Waals surface area contributed by atoms with E-state index in [2.05, 4.69) is 6.92 Å². The van der Waals surface area contributed by atoms with Crippen LogP contribution in [0, 0.1) is 5.92 Å².